The van der Waals surface area contributed by atoms with E-state index in [0.29, 0.717) is 17.3 Å². The zero-order valence-corrected chi connectivity index (χ0v) is 13.9. The van der Waals surface area contributed by atoms with Gasteiger partial charge in [-0.15, -0.1) is 0 Å². The molecule has 0 bridgehead atoms. The summed E-state index contributed by atoms with van der Waals surface area (Å²) in [5.41, 5.74) is 10.4. The molecule has 124 valence electrons. The van der Waals surface area contributed by atoms with Crippen LogP contribution < -0.4 is 11.1 Å². The van der Waals surface area contributed by atoms with Crippen molar-refractivity contribution in [2.75, 3.05) is 11.1 Å². The van der Waals surface area contributed by atoms with Crippen LogP contribution in [0.15, 0.2) is 48.9 Å². The monoisotopic (exact) mass is 331 g/mol. The molecule has 0 saturated carbocycles. The summed E-state index contributed by atoms with van der Waals surface area (Å²) in [5.74, 6) is 1.09. The van der Waals surface area contributed by atoms with E-state index < -0.39 is 0 Å². The number of nitrogens with one attached hydrogen (secondary N) is 1. The smallest absolute Gasteiger partial charge is 0.182 e. The highest BCUT2D eigenvalue weighted by Crippen LogP contribution is 2.29. The van der Waals surface area contributed by atoms with Gasteiger partial charge < -0.3 is 11.1 Å². The second-order valence-corrected chi connectivity index (χ2v) is 5.80. The molecule has 7 heteroatoms. The van der Waals surface area contributed by atoms with E-state index in [9.17, 15) is 0 Å². The van der Waals surface area contributed by atoms with Gasteiger partial charge in [-0.1, -0.05) is 6.07 Å². The van der Waals surface area contributed by atoms with Gasteiger partial charge in [-0.05, 0) is 44.2 Å². The maximum atomic E-state index is 6.32. The highest BCUT2D eigenvalue weighted by Gasteiger charge is 2.14. The van der Waals surface area contributed by atoms with Crippen molar-refractivity contribution in [1.29, 1.82) is 0 Å². The molecular formula is C18H17N7. The zero-order valence-electron chi connectivity index (χ0n) is 13.9. The first kappa shape index (κ1) is 15.1. The molecule has 0 aliphatic rings. The van der Waals surface area contributed by atoms with Crippen LogP contribution in [0.5, 0.6) is 0 Å². The molecule has 0 amide bonds. The third-order valence-corrected chi connectivity index (χ3v) is 3.97. The summed E-state index contributed by atoms with van der Waals surface area (Å²) in [4.78, 5) is 13.0. The predicted molar refractivity (Wildman–Crippen MR) is 98.1 cm³/mol. The number of rotatable bonds is 3. The topological polar surface area (TPSA) is 94.5 Å². The number of nitrogens with zero attached hydrogens (tertiary/aromatic N) is 5. The molecule has 0 saturated heterocycles. The number of pyridine rings is 1. The van der Waals surface area contributed by atoms with Crippen LogP contribution in [-0.2, 0) is 0 Å². The van der Waals surface area contributed by atoms with Crippen molar-refractivity contribution >= 4 is 28.1 Å². The van der Waals surface area contributed by atoms with Crippen LogP contribution in [-0.4, -0.2) is 24.7 Å². The Morgan fingerprint density at radius 1 is 1.04 bits per heavy atom. The fourth-order valence-electron chi connectivity index (χ4n) is 2.84. The maximum absolute atomic E-state index is 6.32. The van der Waals surface area contributed by atoms with Crippen molar-refractivity contribution in [3.63, 3.8) is 0 Å². The predicted octanol–water partition coefficient (Wildman–Crippen LogP) is 3.15. The Kier molecular flexibility index (Phi) is 3.53. The van der Waals surface area contributed by atoms with Crippen molar-refractivity contribution in [3.8, 4) is 5.82 Å². The fraction of sp³-hybridized carbons (Fsp3) is 0.111. The molecule has 4 rings (SSSR count). The fourth-order valence-corrected chi connectivity index (χ4v) is 2.84. The third kappa shape index (κ3) is 2.65. The molecule has 3 aromatic heterocycles. The van der Waals surface area contributed by atoms with Gasteiger partial charge in [0.25, 0.3) is 0 Å². The normalized spacial score (nSPS) is 11.0. The van der Waals surface area contributed by atoms with Crippen molar-refractivity contribution in [1.82, 2.24) is 24.7 Å². The molecule has 0 spiro atoms. The largest absolute Gasteiger partial charge is 0.393 e. The summed E-state index contributed by atoms with van der Waals surface area (Å²) < 4.78 is 1.72. The van der Waals surface area contributed by atoms with E-state index >= 15 is 0 Å². The molecule has 0 aliphatic heterocycles. The van der Waals surface area contributed by atoms with E-state index in [1.54, 1.807) is 10.9 Å². The molecule has 0 atom stereocenters. The van der Waals surface area contributed by atoms with E-state index in [1.807, 2.05) is 50.2 Å². The number of fused-ring (bicyclic) bond motifs is 1. The van der Waals surface area contributed by atoms with Crippen LogP contribution >= 0.6 is 0 Å². The minimum atomic E-state index is 0.439. The van der Waals surface area contributed by atoms with Crippen LogP contribution in [0, 0.1) is 13.8 Å². The van der Waals surface area contributed by atoms with Crippen LogP contribution in [0.2, 0.25) is 0 Å². The second kappa shape index (κ2) is 5.86. The first-order valence-corrected chi connectivity index (χ1v) is 7.88. The van der Waals surface area contributed by atoms with Gasteiger partial charge in [-0.25, -0.2) is 14.6 Å². The van der Waals surface area contributed by atoms with Crippen molar-refractivity contribution in [3.05, 3.63) is 60.3 Å². The standard InChI is InChI=1S/C18H17N7/c1-11-9-12(2)25(24-11)18-16(19)17(21-10-22-18)23-15-7-3-6-14-13(15)5-4-8-20-14/h3-10H,19H2,1-2H3,(H,21,22,23). The Morgan fingerprint density at radius 2 is 1.92 bits per heavy atom. The summed E-state index contributed by atoms with van der Waals surface area (Å²) in [5, 5.41) is 8.74. The van der Waals surface area contributed by atoms with Crippen LogP contribution in [0.25, 0.3) is 16.7 Å². The SMILES string of the molecule is Cc1cc(C)n(-c2ncnc(Nc3cccc4ncccc34)c2N)n1. The van der Waals surface area contributed by atoms with Gasteiger partial charge >= 0.3 is 0 Å². The number of aryl methyl sites for hydroxylation is 2. The summed E-state index contributed by atoms with van der Waals surface area (Å²) in [6, 6.07) is 11.8. The average molecular weight is 331 g/mol. The Labute approximate surface area is 144 Å². The van der Waals surface area contributed by atoms with Crippen molar-refractivity contribution < 1.29 is 0 Å². The highest BCUT2D eigenvalue weighted by molar-refractivity contribution is 5.93. The molecule has 3 heterocycles. The third-order valence-electron chi connectivity index (χ3n) is 3.97. The quantitative estimate of drug-likeness (QED) is 0.599. The lowest BCUT2D eigenvalue weighted by Gasteiger charge is -2.13. The van der Waals surface area contributed by atoms with E-state index in [1.165, 1.54) is 6.33 Å². The van der Waals surface area contributed by atoms with Gasteiger partial charge in [-0.3, -0.25) is 4.98 Å². The van der Waals surface area contributed by atoms with E-state index in [4.69, 9.17) is 5.73 Å². The minimum absolute atomic E-state index is 0.439. The van der Waals surface area contributed by atoms with E-state index in [0.717, 1.165) is 28.0 Å². The number of aromatic nitrogens is 5. The number of anilines is 3. The Hall–Kier alpha value is -3.48. The summed E-state index contributed by atoms with van der Waals surface area (Å²) in [6.45, 7) is 3.90. The lowest BCUT2D eigenvalue weighted by atomic mass is 10.2. The molecule has 0 radical (unpaired) electrons. The number of nitrogen functional groups attached to an aromatic ring is 1. The van der Waals surface area contributed by atoms with Crippen molar-refractivity contribution in [2.24, 2.45) is 0 Å². The molecular weight excluding hydrogens is 314 g/mol. The number of nitrogens with two attached hydrogens (primary N) is 1. The van der Waals surface area contributed by atoms with E-state index in [2.05, 4.69) is 25.4 Å². The van der Waals surface area contributed by atoms with Gasteiger partial charge in [-0.2, -0.15) is 5.10 Å². The van der Waals surface area contributed by atoms with Crippen LogP contribution in [0.4, 0.5) is 17.2 Å². The summed E-state index contributed by atoms with van der Waals surface area (Å²) in [6.07, 6.45) is 3.25. The minimum Gasteiger partial charge on any atom is -0.393 e. The molecule has 0 unspecified atom stereocenters. The molecule has 1 aromatic carbocycles. The molecule has 7 nitrogen and oxygen atoms in total. The Bertz CT molecular complexity index is 1060. The first-order chi connectivity index (χ1) is 12.1. The van der Waals surface area contributed by atoms with Gasteiger partial charge in [0.15, 0.2) is 11.6 Å². The van der Waals surface area contributed by atoms with E-state index in [-0.39, 0.29) is 0 Å². The molecule has 0 aliphatic carbocycles. The van der Waals surface area contributed by atoms with Gasteiger partial charge in [0, 0.05) is 23.0 Å². The summed E-state index contributed by atoms with van der Waals surface area (Å²) in [7, 11) is 0. The molecule has 25 heavy (non-hydrogen) atoms. The highest BCUT2D eigenvalue weighted by atomic mass is 15.3. The average Bonchev–Trinajstić information content (AvgIpc) is 2.95. The van der Waals surface area contributed by atoms with Crippen LogP contribution in [0.3, 0.4) is 0 Å². The molecule has 4 aromatic rings. The lowest BCUT2D eigenvalue weighted by Crippen LogP contribution is -2.09. The van der Waals surface area contributed by atoms with Gasteiger partial charge in [0.2, 0.25) is 0 Å². The van der Waals surface area contributed by atoms with Gasteiger partial charge in [0.1, 0.15) is 12.0 Å². The first-order valence-electron chi connectivity index (χ1n) is 7.88. The lowest BCUT2D eigenvalue weighted by molar-refractivity contribution is 0.804. The second-order valence-electron chi connectivity index (χ2n) is 5.80. The number of hydrogen-bond donors (Lipinski definition) is 2. The van der Waals surface area contributed by atoms with Gasteiger partial charge in [0.05, 0.1) is 11.2 Å². The Balaban J connectivity index is 1.79. The maximum Gasteiger partial charge on any atom is 0.182 e. The van der Waals surface area contributed by atoms with Crippen LogP contribution in [0.1, 0.15) is 11.4 Å². The molecule has 3 N–H and O–H groups in total. The summed E-state index contributed by atoms with van der Waals surface area (Å²) >= 11 is 0. The Morgan fingerprint density at radius 3 is 2.72 bits per heavy atom. The number of hydrogen-bond acceptors (Lipinski definition) is 6. The van der Waals surface area contributed by atoms with Crippen molar-refractivity contribution in [2.45, 2.75) is 13.8 Å². The number of benzene rings is 1. The zero-order chi connectivity index (χ0) is 17.4. The molecule has 0 fully saturated rings.